The molecule has 0 spiro atoms. The number of carbonyl (C=O) groups excluding carboxylic acids is 1. The number of nitrogens with one attached hydrogen (secondary N) is 1. The van der Waals surface area contributed by atoms with Gasteiger partial charge in [-0.3, -0.25) is 9.78 Å². The quantitative estimate of drug-likeness (QED) is 0.874. The maximum Gasteiger partial charge on any atom is 0.326 e. The van der Waals surface area contributed by atoms with Crippen LogP contribution >= 0.6 is 11.3 Å². The molecule has 1 aromatic rings. The van der Waals surface area contributed by atoms with E-state index in [2.05, 4.69) is 10.3 Å². The number of nitrogens with zero attached hydrogens (tertiary/aromatic N) is 1. The lowest BCUT2D eigenvalue weighted by Gasteiger charge is -2.27. The number of hydrogen-bond donors (Lipinski definition) is 2. The van der Waals surface area contributed by atoms with E-state index in [4.69, 9.17) is 0 Å². The summed E-state index contributed by atoms with van der Waals surface area (Å²) in [5.74, 6) is -1.23. The molecule has 98 valence electrons. The number of aromatic nitrogens is 1. The van der Waals surface area contributed by atoms with Gasteiger partial charge in [0, 0.05) is 0 Å². The van der Waals surface area contributed by atoms with E-state index in [1.165, 1.54) is 17.5 Å². The predicted molar refractivity (Wildman–Crippen MR) is 67.6 cm³/mol. The SMILES string of the molecule is O=C(NC(C(=O)O)C1CCCCC1)c1cncs1. The largest absolute Gasteiger partial charge is 0.480 e. The molecule has 1 saturated carbocycles. The molecule has 18 heavy (non-hydrogen) atoms. The molecule has 1 atom stereocenters. The third kappa shape index (κ3) is 3.07. The molecule has 0 aromatic carbocycles. The third-order valence-corrected chi connectivity index (χ3v) is 4.10. The van der Waals surface area contributed by atoms with Gasteiger partial charge in [0.1, 0.15) is 10.9 Å². The summed E-state index contributed by atoms with van der Waals surface area (Å²) in [6, 6.07) is -0.778. The summed E-state index contributed by atoms with van der Waals surface area (Å²) < 4.78 is 0. The van der Waals surface area contributed by atoms with Gasteiger partial charge >= 0.3 is 5.97 Å². The normalized spacial score (nSPS) is 18.2. The van der Waals surface area contributed by atoms with Crippen molar-refractivity contribution in [3.8, 4) is 0 Å². The summed E-state index contributed by atoms with van der Waals surface area (Å²) in [6.07, 6.45) is 6.46. The van der Waals surface area contributed by atoms with Crippen LogP contribution in [0.1, 0.15) is 41.8 Å². The van der Waals surface area contributed by atoms with Gasteiger partial charge in [0.05, 0.1) is 11.7 Å². The van der Waals surface area contributed by atoms with Crippen molar-refractivity contribution in [2.45, 2.75) is 38.1 Å². The highest BCUT2D eigenvalue weighted by atomic mass is 32.1. The monoisotopic (exact) mass is 268 g/mol. The second-order valence-electron chi connectivity index (χ2n) is 4.55. The Hall–Kier alpha value is -1.43. The Morgan fingerprint density at radius 3 is 2.67 bits per heavy atom. The molecule has 0 aliphatic heterocycles. The van der Waals surface area contributed by atoms with Crippen molar-refractivity contribution in [2.75, 3.05) is 0 Å². The number of carboxylic acid groups (broad SMARTS) is 1. The second-order valence-corrected chi connectivity index (χ2v) is 5.44. The number of thiazole rings is 1. The average Bonchev–Trinajstić information content (AvgIpc) is 2.90. The fourth-order valence-electron chi connectivity index (χ4n) is 2.39. The van der Waals surface area contributed by atoms with Gasteiger partial charge in [-0.1, -0.05) is 19.3 Å². The summed E-state index contributed by atoms with van der Waals surface area (Å²) in [5.41, 5.74) is 1.56. The van der Waals surface area contributed by atoms with E-state index in [0.717, 1.165) is 32.1 Å². The van der Waals surface area contributed by atoms with Crippen LogP contribution in [0.5, 0.6) is 0 Å². The lowest BCUT2D eigenvalue weighted by molar-refractivity contribution is -0.141. The number of carbonyl (C=O) groups is 2. The Bertz CT molecular complexity index is 413. The van der Waals surface area contributed by atoms with Crippen molar-refractivity contribution in [3.63, 3.8) is 0 Å². The second kappa shape index (κ2) is 5.95. The van der Waals surface area contributed by atoms with E-state index >= 15 is 0 Å². The molecule has 0 saturated heterocycles. The third-order valence-electron chi connectivity index (χ3n) is 3.33. The van der Waals surface area contributed by atoms with Gasteiger partial charge in [-0.2, -0.15) is 0 Å². The molecular weight excluding hydrogens is 252 g/mol. The van der Waals surface area contributed by atoms with Crippen molar-refractivity contribution >= 4 is 23.2 Å². The molecule has 2 N–H and O–H groups in total. The van der Waals surface area contributed by atoms with Crippen LogP contribution < -0.4 is 5.32 Å². The van der Waals surface area contributed by atoms with Crippen molar-refractivity contribution in [2.24, 2.45) is 5.92 Å². The van der Waals surface area contributed by atoms with Crippen LogP contribution in [0.4, 0.5) is 0 Å². The molecule has 1 aliphatic rings. The summed E-state index contributed by atoms with van der Waals surface area (Å²) in [7, 11) is 0. The van der Waals surface area contributed by atoms with Crippen LogP contribution in [0, 0.1) is 5.92 Å². The van der Waals surface area contributed by atoms with Gasteiger partial charge in [0.2, 0.25) is 0 Å². The molecule has 1 amide bonds. The smallest absolute Gasteiger partial charge is 0.326 e. The van der Waals surface area contributed by atoms with Crippen molar-refractivity contribution in [3.05, 3.63) is 16.6 Å². The van der Waals surface area contributed by atoms with Gasteiger partial charge in [-0.25, -0.2) is 4.79 Å². The van der Waals surface area contributed by atoms with Gasteiger partial charge in [-0.15, -0.1) is 11.3 Å². The Kier molecular flexibility index (Phi) is 4.30. The zero-order valence-electron chi connectivity index (χ0n) is 9.96. The first-order chi connectivity index (χ1) is 8.68. The topological polar surface area (TPSA) is 79.3 Å². The Balaban J connectivity index is 2.02. The highest BCUT2D eigenvalue weighted by molar-refractivity contribution is 7.11. The highest BCUT2D eigenvalue weighted by Gasteiger charge is 2.31. The first kappa shape index (κ1) is 13.0. The van der Waals surface area contributed by atoms with Crippen LogP contribution in [-0.2, 0) is 4.79 Å². The van der Waals surface area contributed by atoms with E-state index < -0.39 is 12.0 Å². The number of amides is 1. The molecule has 2 rings (SSSR count). The van der Waals surface area contributed by atoms with Crippen LogP contribution in [-0.4, -0.2) is 28.0 Å². The summed E-state index contributed by atoms with van der Waals surface area (Å²) in [6.45, 7) is 0. The summed E-state index contributed by atoms with van der Waals surface area (Å²) >= 11 is 1.22. The molecule has 0 radical (unpaired) electrons. The fraction of sp³-hybridized carbons (Fsp3) is 0.583. The highest BCUT2D eigenvalue weighted by Crippen LogP contribution is 2.26. The molecule has 1 heterocycles. The molecule has 5 nitrogen and oxygen atoms in total. The summed E-state index contributed by atoms with van der Waals surface area (Å²) in [4.78, 5) is 27.4. The number of aliphatic carboxylic acids is 1. The lowest BCUT2D eigenvalue weighted by atomic mass is 9.84. The average molecular weight is 268 g/mol. The van der Waals surface area contributed by atoms with E-state index in [-0.39, 0.29) is 11.8 Å². The maximum atomic E-state index is 11.9. The minimum atomic E-state index is -0.945. The van der Waals surface area contributed by atoms with Crippen molar-refractivity contribution in [1.29, 1.82) is 0 Å². The van der Waals surface area contributed by atoms with E-state index in [1.54, 1.807) is 5.51 Å². The minimum absolute atomic E-state index is 0.0492. The molecule has 1 aliphatic carbocycles. The standard InChI is InChI=1S/C12H16N2O3S/c15-11(9-6-13-7-18-9)14-10(12(16)17)8-4-2-1-3-5-8/h6-8,10H,1-5H2,(H,14,15)(H,16,17). The van der Waals surface area contributed by atoms with Crippen molar-refractivity contribution in [1.82, 2.24) is 10.3 Å². The number of rotatable bonds is 4. The van der Waals surface area contributed by atoms with Crippen LogP contribution in [0.15, 0.2) is 11.7 Å². The van der Waals surface area contributed by atoms with E-state index in [9.17, 15) is 14.7 Å². The molecule has 1 unspecified atom stereocenters. The van der Waals surface area contributed by atoms with Gasteiger partial charge in [-0.05, 0) is 18.8 Å². The van der Waals surface area contributed by atoms with Crippen LogP contribution in [0.25, 0.3) is 0 Å². The van der Waals surface area contributed by atoms with Gasteiger partial charge in [0.25, 0.3) is 5.91 Å². The zero-order valence-corrected chi connectivity index (χ0v) is 10.8. The first-order valence-electron chi connectivity index (χ1n) is 6.10. The minimum Gasteiger partial charge on any atom is -0.480 e. The predicted octanol–water partition coefficient (Wildman–Crippen LogP) is 1.91. The van der Waals surface area contributed by atoms with Crippen molar-refractivity contribution < 1.29 is 14.7 Å². The zero-order chi connectivity index (χ0) is 13.0. The Morgan fingerprint density at radius 1 is 1.39 bits per heavy atom. The maximum absolute atomic E-state index is 11.9. The lowest BCUT2D eigenvalue weighted by Crippen LogP contribution is -2.46. The molecule has 0 bridgehead atoms. The van der Waals surface area contributed by atoms with Gasteiger partial charge < -0.3 is 10.4 Å². The summed E-state index contributed by atoms with van der Waals surface area (Å²) in [5, 5.41) is 11.9. The number of carboxylic acids is 1. The van der Waals surface area contributed by atoms with E-state index in [0.29, 0.717) is 4.88 Å². The number of hydrogen-bond acceptors (Lipinski definition) is 4. The molecule has 6 heteroatoms. The first-order valence-corrected chi connectivity index (χ1v) is 6.98. The van der Waals surface area contributed by atoms with Crippen LogP contribution in [0.2, 0.25) is 0 Å². The molecular formula is C12H16N2O3S. The molecule has 1 fully saturated rings. The Morgan fingerprint density at radius 2 is 2.11 bits per heavy atom. The Labute approximate surface area is 109 Å². The van der Waals surface area contributed by atoms with Crippen LogP contribution in [0.3, 0.4) is 0 Å². The van der Waals surface area contributed by atoms with Gasteiger partial charge in [0.15, 0.2) is 0 Å². The molecule has 1 aromatic heterocycles. The van der Waals surface area contributed by atoms with E-state index in [1.807, 2.05) is 0 Å². The fourth-order valence-corrected chi connectivity index (χ4v) is 2.91.